The summed E-state index contributed by atoms with van der Waals surface area (Å²) in [6.07, 6.45) is 2.79. The third kappa shape index (κ3) is 2.63. The first kappa shape index (κ1) is 12.5. The van der Waals surface area contributed by atoms with Gasteiger partial charge in [-0.3, -0.25) is 4.79 Å². The molecular weight excluding hydrogens is 250 g/mol. The smallest absolute Gasteiger partial charge is 0.241 e. The summed E-state index contributed by atoms with van der Waals surface area (Å²) in [7, 11) is 0. The standard InChI is InChI=1S/C14H12ClNO2/c1-9-11(3-2-4-12(9)15)13-7-5-10(18-13)6-8-14(16)17/h2-8H,1H3,(H2,16,17). The molecule has 0 fully saturated rings. The lowest BCUT2D eigenvalue weighted by atomic mass is 10.1. The van der Waals surface area contributed by atoms with E-state index >= 15 is 0 Å². The van der Waals surface area contributed by atoms with Gasteiger partial charge in [0, 0.05) is 16.7 Å². The van der Waals surface area contributed by atoms with Gasteiger partial charge in [0.1, 0.15) is 11.5 Å². The number of halogens is 1. The van der Waals surface area contributed by atoms with E-state index in [1.165, 1.54) is 12.2 Å². The van der Waals surface area contributed by atoms with Crippen molar-refractivity contribution in [3.63, 3.8) is 0 Å². The van der Waals surface area contributed by atoms with Gasteiger partial charge in [-0.1, -0.05) is 23.7 Å². The Morgan fingerprint density at radius 1 is 1.33 bits per heavy atom. The Bertz CT molecular complexity index is 614. The van der Waals surface area contributed by atoms with Gasteiger partial charge in [0.2, 0.25) is 5.91 Å². The van der Waals surface area contributed by atoms with E-state index in [9.17, 15) is 4.79 Å². The van der Waals surface area contributed by atoms with Crippen LogP contribution in [0, 0.1) is 6.92 Å². The summed E-state index contributed by atoms with van der Waals surface area (Å²) >= 11 is 6.06. The Kier molecular flexibility index (Phi) is 3.53. The highest BCUT2D eigenvalue weighted by molar-refractivity contribution is 6.31. The fourth-order valence-electron chi connectivity index (χ4n) is 1.63. The number of furan rings is 1. The van der Waals surface area contributed by atoms with Crippen LogP contribution in [0.1, 0.15) is 11.3 Å². The summed E-state index contributed by atoms with van der Waals surface area (Å²) in [5.74, 6) is 0.772. The maximum atomic E-state index is 10.6. The maximum Gasteiger partial charge on any atom is 0.241 e. The molecule has 1 amide bonds. The second-order valence-electron chi connectivity index (χ2n) is 3.85. The van der Waals surface area contributed by atoms with Crippen LogP contribution in [-0.2, 0) is 4.79 Å². The average molecular weight is 262 g/mol. The van der Waals surface area contributed by atoms with Crippen molar-refractivity contribution in [2.75, 3.05) is 0 Å². The van der Waals surface area contributed by atoms with Crippen molar-refractivity contribution in [3.05, 3.63) is 52.8 Å². The van der Waals surface area contributed by atoms with Crippen LogP contribution >= 0.6 is 11.6 Å². The number of hydrogen-bond donors (Lipinski definition) is 1. The van der Waals surface area contributed by atoms with Gasteiger partial charge in [0.15, 0.2) is 0 Å². The quantitative estimate of drug-likeness (QED) is 0.861. The zero-order valence-corrected chi connectivity index (χ0v) is 10.6. The molecule has 0 saturated carbocycles. The molecule has 0 atom stereocenters. The van der Waals surface area contributed by atoms with Crippen molar-refractivity contribution < 1.29 is 9.21 Å². The van der Waals surface area contributed by atoms with E-state index in [-0.39, 0.29) is 0 Å². The van der Waals surface area contributed by atoms with Gasteiger partial charge in [-0.15, -0.1) is 0 Å². The Balaban J connectivity index is 2.35. The third-order valence-corrected chi connectivity index (χ3v) is 2.98. The number of primary amides is 1. The second-order valence-corrected chi connectivity index (χ2v) is 4.26. The lowest BCUT2D eigenvalue weighted by Crippen LogP contribution is -2.04. The molecule has 0 aliphatic heterocycles. The normalized spacial score (nSPS) is 11.0. The summed E-state index contributed by atoms with van der Waals surface area (Å²) in [6.45, 7) is 1.93. The van der Waals surface area contributed by atoms with Crippen LogP contribution in [0.2, 0.25) is 5.02 Å². The van der Waals surface area contributed by atoms with E-state index < -0.39 is 5.91 Å². The molecular formula is C14H12ClNO2. The van der Waals surface area contributed by atoms with Crippen molar-refractivity contribution in [1.29, 1.82) is 0 Å². The van der Waals surface area contributed by atoms with Gasteiger partial charge < -0.3 is 10.2 Å². The molecule has 0 spiro atoms. The molecule has 92 valence electrons. The minimum atomic E-state index is -0.508. The van der Waals surface area contributed by atoms with E-state index in [0.29, 0.717) is 16.5 Å². The van der Waals surface area contributed by atoms with E-state index in [2.05, 4.69) is 0 Å². The number of nitrogens with two attached hydrogens (primary N) is 1. The molecule has 18 heavy (non-hydrogen) atoms. The molecule has 2 aromatic rings. The van der Waals surface area contributed by atoms with Crippen LogP contribution in [-0.4, -0.2) is 5.91 Å². The number of carbonyl (C=O) groups is 1. The van der Waals surface area contributed by atoms with Crippen LogP contribution in [0.15, 0.2) is 40.8 Å². The number of benzene rings is 1. The van der Waals surface area contributed by atoms with Gasteiger partial charge in [-0.05, 0) is 36.8 Å². The fraction of sp³-hybridized carbons (Fsp3) is 0.0714. The fourth-order valence-corrected chi connectivity index (χ4v) is 1.80. The molecule has 0 unspecified atom stereocenters. The minimum absolute atomic E-state index is 0.508. The summed E-state index contributed by atoms with van der Waals surface area (Å²) in [4.78, 5) is 10.6. The number of carbonyl (C=O) groups excluding carboxylic acids is 1. The van der Waals surface area contributed by atoms with Crippen molar-refractivity contribution in [1.82, 2.24) is 0 Å². The zero-order valence-electron chi connectivity index (χ0n) is 9.81. The van der Waals surface area contributed by atoms with E-state index in [1.54, 1.807) is 6.07 Å². The van der Waals surface area contributed by atoms with Crippen LogP contribution in [0.5, 0.6) is 0 Å². The van der Waals surface area contributed by atoms with E-state index in [4.69, 9.17) is 21.8 Å². The molecule has 0 aliphatic carbocycles. The van der Waals surface area contributed by atoms with Gasteiger partial charge in [0.25, 0.3) is 0 Å². The third-order valence-electron chi connectivity index (χ3n) is 2.57. The van der Waals surface area contributed by atoms with Crippen molar-refractivity contribution >= 4 is 23.6 Å². The van der Waals surface area contributed by atoms with Crippen LogP contribution in [0.4, 0.5) is 0 Å². The predicted molar refractivity (Wildman–Crippen MR) is 72.1 cm³/mol. The number of rotatable bonds is 3. The van der Waals surface area contributed by atoms with E-state index in [0.717, 1.165) is 11.1 Å². The molecule has 2 N–H and O–H groups in total. The molecule has 4 heteroatoms. The summed E-state index contributed by atoms with van der Waals surface area (Å²) < 4.78 is 5.60. The molecule has 1 heterocycles. The Hall–Kier alpha value is -2.00. The molecule has 1 aromatic carbocycles. The molecule has 2 rings (SSSR count). The lowest BCUT2D eigenvalue weighted by molar-refractivity contribution is -0.113. The molecule has 1 aromatic heterocycles. The van der Waals surface area contributed by atoms with Crippen LogP contribution in [0.3, 0.4) is 0 Å². The monoisotopic (exact) mass is 261 g/mol. The van der Waals surface area contributed by atoms with Gasteiger partial charge in [-0.25, -0.2) is 0 Å². The molecule has 0 aliphatic rings. The van der Waals surface area contributed by atoms with Gasteiger partial charge in [-0.2, -0.15) is 0 Å². The first-order chi connectivity index (χ1) is 8.58. The number of hydrogen-bond acceptors (Lipinski definition) is 2. The topological polar surface area (TPSA) is 56.2 Å². The van der Waals surface area contributed by atoms with Crippen LogP contribution in [0.25, 0.3) is 17.4 Å². The first-order valence-corrected chi connectivity index (χ1v) is 5.78. The Morgan fingerprint density at radius 2 is 2.11 bits per heavy atom. The Labute approximate surface area is 110 Å². The number of amides is 1. The Morgan fingerprint density at radius 3 is 2.83 bits per heavy atom. The zero-order chi connectivity index (χ0) is 13.1. The molecule has 0 bridgehead atoms. The van der Waals surface area contributed by atoms with E-state index in [1.807, 2.05) is 31.2 Å². The van der Waals surface area contributed by atoms with Crippen molar-refractivity contribution in [2.45, 2.75) is 6.92 Å². The minimum Gasteiger partial charge on any atom is -0.457 e. The maximum absolute atomic E-state index is 10.6. The summed E-state index contributed by atoms with van der Waals surface area (Å²) in [5, 5.41) is 0.693. The highest BCUT2D eigenvalue weighted by Gasteiger charge is 2.08. The summed E-state index contributed by atoms with van der Waals surface area (Å²) in [6, 6.07) is 9.24. The molecule has 3 nitrogen and oxygen atoms in total. The summed E-state index contributed by atoms with van der Waals surface area (Å²) in [5.41, 5.74) is 6.91. The highest BCUT2D eigenvalue weighted by Crippen LogP contribution is 2.29. The average Bonchev–Trinajstić information content (AvgIpc) is 2.78. The highest BCUT2D eigenvalue weighted by atomic mass is 35.5. The van der Waals surface area contributed by atoms with Gasteiger partial charge in [0.05, 0.1) is 0 Å². The first-order valence-electron chi connectivity index (χ1n) is 5.41. The van der Waals surface area contributed by atoms with Crippen molar-refractivity contribution in [2.24, 2.45) is 5.73 Å². The SMILES string of the molecule is Cc1c(Cl)cccc1-c1ccc(C=CC(N)=O)o1. The second kappa shape index (κ2) is 5.10. The van der Waals surface area contributed by atoms with Crippen LogP contribution < -0.4 is 5.73 Å². The van der Waals surface area contributed by atoms with Crippen molar-refractivity contribution in [3.8, 4) is 11.3 Å². The molecule has 0 saturated heterocycles. The van der Waals surface area contributed by atoms with Gasteiger partial charge >= 0.3 is 0 Å². The predicted octanol–water partition coefficient (Wildman–Crippen LogP) is 3.41. The lowest BCUT2D eigenvalue weighted by Gasteiger charge is -2.03. The molecule has 0 radical (unpaired) electrons. The largest absolute Gasteiger partial charge is 0.457 e.